The number of para-hydroxylation sites is 1. The van der Waals surface area contributed by atoms with Gasteiger partial charge in [0, 0.05) is 17.3 Å². The third-order valence-corrected chi connectivity index (χ3v) is 5.28. The smallest absolute Gasteiger partial charge is 0.143 e. The molecular formula is C23H22N2O2. The largest absolute Gasteiger partial charge is 0.492 e. The van der Waals surface area contributed by atoms with Gasteiger partial charge in [0.05, 0.1) is 17.1 Å². The highest BCUT2D eigenvalue weighted by Gasteiger charge is 2.28. The summed E-state index contributed by atoms with van der Waals surface area (Å²) in [5.74, 6) is 1.87. The molecular weight excluding hydrogens is 335 g/mol. The maximum Gasteiger partial charge on any atom is 0.143 e. The SMILES string of the molecule is [11CH3]NCCOc1cccc2c1c1cccc3c1n2[C@H](c1ccccc1)CO3. The molecule has 3 aromatic carbocycles. The Labute approximate surface area is 158 Å². The lowest BCUT2D eigenvalue weighted by Gasteiger charge is -2.27. The van der Waals surface area contributed by atoms with E-state index in [0.717, 1.165) is 28.9 Å². The van der Waals surface area contributed by atoms with Crippen molar-refractivity contribution in [1.82, 2.24) is 9.88 Å². The zero-order valence-corrected chi connectivity index (χ0v) is 15.3. The zero-order valence-electron chi connectivity index (χ0n) is 15.3. The summed E-state index contributed by atoms with van der Waals surface area (Å²) in [4.78, 5) is 0. The van der Waals surface area contributed by atoms with E-state index in [1.807, 2.05) is 7.05 Å². The first-order chi connectivity index (χ1) is 13.4. The second-order valence-corrected chi connectivity index (χ2v) is 6.86. The van der Waals surface area contributed by atoms with Gasteiger partial charge in [-0.15, -0.1) is 0 Å². The van der Waals surface area contributed by atoms with Crippen molar-refractivity contribution >= 4 is 21.8 Å². The van der Waals surface area contributed by atoms with Crippen LogP contribution in [0, 0.1) is 0 Å². The van der Waals surface area contributed by atoms with Crippen LogP contribution in [-0.2, 0) is 0 Å². The quantitative estimate of drug-likeness (QED) is 0.539. The molecule has 136 valence electrons. The van der Waals surface area contributed by atoms with Crippen LogP contribution in [0.15, 0.2) is 66.7 Å². The number of nitrogens with one attached hydrogen (secondary N) is 1. The van der Waals surface area contributed by atoms with Crippen LogP contribution in [0.2, 0.25) is 0 Å². The molecule has 0 radical (unpaired) electrons. The molecule has 0 saturated carbocycles. The normalized spacial score (nSPS) is 15.8. The highest BCUT2D eigenvalue weighted by molar-refractivity contribution is 6.13. The number of nitrogens with zero attached hydrogens (tertiary/aromatic N) is 1. The standard InChI is InChI=1S/C23H22N2O2/c1-24-13-14-26-20-11-6-10-18-22(20)17-9-5-12-21-23(17)25(18)19(15-27-21)16-7-3-2-4-8-16/h2-12,19,24H,13-15H2,1H3/t19-/m0/s1/i1-1. The van der Waals surface area contributed by atoms with Crippen molar-refractivity contribution < 1.29 is 9.47 Å². The molecule has 0 fully saturated rings. The number of rotatable bonds is 5. The van der Waals surface area contributed by atoms with Crippen LogP contribution in [-0.4, -0.2) is 31.4 Å². The fourth-order valence-corrected chi connectivity index (χ4v) is 4.07. The van der Waals surface area contributed by atoms with E-state index in [9.17, 15) is 0 Å². The van der Waals surface area contributed by atoms with Gasteiger partial charge in [-0.1, -0.05) is 48.5 Å². The van der Waals surface area contributed by atoms with Crippen LogP contribution in [0.4, 0.5) is 0 Å². The summed E-state index contributed by atoms with van der Waals surface area (Å²) in [5.41, 5.74) is 3.60. The molecule has 4 aromatic rings. The van der Waals surface area contributed by atoms with Crippen LogP contribution < -0.4 is 14.8 Å². The van der Waals surface area contributed by atoms with E-state index in [-0.39, 0.29) is 6.04 Å². The summed E-state index contributed by atoms with van der Waals surface area (Å²) in [7, 11) is 1.94. The lowest BCUT2D eigenvalue weighted by molar-refractivity contribution is 0.262. The Hall–Kier alpha value is -2.98. The molecule has 0 saturated heterocycles. The van der Waals surface area contributed by atoms with Gasteiger partial charge in [0.25, 0.3) is 0 Å². The van der Waals surface area contributed by atoms with Crippen LogP contribution in [0.1, 0.15) is 11.6 Å². The van der Waals surface area contributed by atoms with Gasteiger partial charge in [0.1, 0.15) is 24.7 Å². The monoisotopic (exact) mass is 357 g/mol. The maximum atomic E-state index is 6.16. The molecule has 0 bridgehead atoms. The van der Waals surface area contributed by atoms with Crippen LogP contribution in [0.25, 0.3) is 21.8 Å². The van der Waals surface area contributed by atoms with Crippen molar-refractivity contribution in [1.29, 1.82) is 0 Å². The Morgan fingerprint density at radius 3 is 2.74 bits per heavy atom. The Morgan fingerprint density at radius 1 is 1.04 bits per heavy atom. The topological polar surface area (TPSA) is 35.4 Å². The Kier molecular flexibility index (Phi) is 3.98. The molecule has 1 aromatic heterocycles. The van der Waals surface area contributed by atoms with E-state index in [0.29, 0.717) is 13.2 Å². The Balaban J connectivity index is 1.77. The Bertz CT molecular complexity index is 1100. The van der Waals surface area contributed by atoms with Crippen molar-refractivity contribution in [2.45, 2.75) is 6.04 Å². The Morgan fingerprint density at radius 2 is 1.89 bits per heavy atom. The minimum absolute atomic E-state index is 0.147. The number of likely N-dealkylation sites (N-methyl/N-ethyl adjacent to an activating group) is 1. The van der Waals surface area contributed by atoms with Gasteiger partial charge < -0.3 is 19.4 Å². The lowest BCUT2D eigenvalue weighted by atomic mass is 10.1. The summed E-state index contributed by atoms with van der Waals surface area (Å²) in [6.07, 6.45) is 0. The maximum absolute atomic E-state index is 6.16. The number of aromatic nitrogens is 1. The molecule has 4 nitrogen and oxygen atoms in total. The van der Waals surface area contributed by atoms with Crippen LogP contribution >= 0.6 is 0 Å². The van der Waals surface area contributed by atoms with Crippen molar-refractivity contribution in [2.75, 3.05) is 26.8 Å². The van der Waals surface area contributed by atoms with Crippen LogP contribution in [0.3, 0.4) is 0 Å². The summed E-state index contributed by atoms with van der Waals surface area (Å²) in [6, 6.07) is 23.3. The second kappa shape index (κ2) is 6.63. The molecule has 1 aliphatic rings. The van der Waals surface area contributed by atoms with E-state index in [4.69, 9.17) is 9.47 Å². The molecule has 0 spiro atoms. The average Bonchev–Trinajstić information content (AvgIpc) is 3.07. The van der Waals surface area contributed by atoms with E-state index in [1.54, 1.807) is 0 Å². The molecule has 4 heteroatoms. The number of hydrogen-bond donors (Lipinski definition) is 1. The molecule has 0 amide bonds. The molecule has 1 aliphatic heterocycles. The first-order valence-corrected chi connectivity index (χ1v) is 9.39. The molecule has 1 N–H and O–H groups in total. The van der Waals surface area contributed by atoms with Gasteiger partial charge >= 0.3 is 0 Å². The predicted octanol–water partition coefficient (Wildman–Crippen LogP) is 4.37. The van der Waals surface area contributed by atoms with Gasteiger partial charge in [-0.05, 0) is 30.8 Å². The molecule has 1 atom stereocenters. The summed E-state index contributed by atoms with van der Waals surface area (Å²) < 4.78 is 14.7. The van der Waals surface area contributed by atoms with Gasteiger partial charge in [-0.3, -0.25) is 0 Å². The third kappa shape index (κ3) is 2.56. The molecule has 0 aliphatic carbocycles. The fourth-order valence-electron chi connectivity index (χ4n) is 4.07. The molecule has 5 rings (SSSR count). The van der Waals surface area contributed by atoms with E-state index >= 15 is 0 Å². The second-order valence-electron chi connectivity index (χ2n) is 6.86. The average molecular weight is 357 g/mol. The minimum atomic E-state index is 0.147. The van der Waals surface area contributed by atoms with Crippen molar-refractivity contribution in [3.8, 4) is 11.5 Å². The van der Waals surface area contributed by atoms with Gasteiger partial charge in [0.15, 0.2) is 0 Å². The highest BCUT2D eigenvalue weighted by atomic mass is 16.5. The van der Waals surface area contributed by atoms with Crippen molar-refractivity contribution in [3.05, 3.63) is 72.3 Å². The number of ether oxygens (including phenoxy) is 2. The summed E-state index contributed by atoms with van der Waals surface area (Å²) >= 11 is 0. The molecule has 2 heterocycles. The fraction of sp³-hybridized carbons (Fsp3) is 0.217. The third-order valence-electron chi connectivity index (χ3n) is 5.28. The van der Waals surface area contributed by atoms with Crippen molar-refractivity contribution in [2.24, 2.45) is 0 Å². The minimum Gasteiger partial charge on any atom is -0.492 e. The number of fused-ring (bicyclic) bond motifs is 3. The van der Waals surface area contributed by atoms with Gasteiger partial charge in [-0.2, -0.15) is 0 Å². The number of hydrogen-bond acceptors (Lipinski definition) is 3. The lowest BCUT2D eigenvalue weighted by Crippen LogP contribution is -2.22. The predicted molar refractivity (Wildman–Crippen MR) is 109 cm³/mol. The van der Waals surface area contributed by atoms with Crippen LogP contribution in [0.5, 0.6) is 11.5 Å². The van der Waals surface area contributed by atoms with E-state index in [1.165, 1.54) is 16.5 Å². The van der Waals surface area contributed by atoms with Crippen molar-refractivity contribution in [3.63, 3.8) is 0 Å². The van der Waals surface area contributed by atoms with E-state index in [2.05, 4.69) is 76.6 Å². The summed E-state index contributed by atoms with van der Waals surface area (Å²) in [6.45, 7) is 2.08. The first kappa shape index (κ1) is 16.2. The first-order valence-electron chi connectivity index (χ1n) is 9.39. The number of benzene rings is 3. The van der Waals surface area contributed by atoms with Gasteiger partial charge in [-0.25, -0.2) is 0 Å². The molecule has 0 unspecified atom stereocenters. The van der Waals surface area contributed by atoms with Gasteiger partial charge in [0.2, 0.25) is 0 Å². The zero-order chi connectivity index (χ0) is 18.2. The molecule has 27 heavy (non-hydrogen) atoms. The summed E-state index contributed by atoms with van der Waals surface area (Å²) in [5, 5.41) is 5.48. The highest BCUT2D eigenvalue weighted by Crippen LogP contribution is 2.44. The van der Waals surface area contributed by atoms with E-state index < -0.39 is 0 Å².